The third-order valence-corrected chi connectivity index (χ3v) is 6.25. The summed E-state index contributed by atoms with van der Waals surface area (Å²) >= 11 is 1.42. The average Bonchev–Trinajstić information content (AvgIpc) is 3.59. The summed E-state index contributed by atoms with van der Waals surface area (Å²) in [6, 6.07) is 11.3. The van der Waals surface area contributed by atoms with Crippen LogP contribution >= 0.6 is 11.9 Å². The van der Waals surface area contributed by atoms with Gasteiger partial charge in [0.1, 0.15) is 34.8 Å². The van der Waals surface area contributed by atoms with Gasteiger partial charge in [-0.05, 0) is 50.5 Å². The first-order chi connectivity index (χ1) is 18.6. The fourth-order valence-corrected chi connectivity index (χ4v) is 4.42. The van der Waals surface area contributed by atoms with Crippen molar-refractivity contribution in [2.24, 2.45) is 0 Å². The van der Waals surface area contributed by atoms with E-state index < -0.39 is 0 Å². The summed E-state index contributed by atoms with van der Waals surface area (Å²) in [6.45, 7) is 3.95. The van der Waals surface area contributed by atoms with E-state index in [1.54, 1.807) is 20.4 Å². The van der Waals surface area contributed by atoms with E-state index in [1.165, 1.54) is 37.4 Å². The molecular formula is C26H30N8O3S. The van der Waals surface area contributed by atoms with Gasteiger partial charge >= 0.3 is 0 Å². The minimum absolute atomic E-state index is 0.396. The van der Waals surface area contributed by atoms with Crippen molar-refractivity contribution in [2.45, 2.75) is 26.2 Å². The topological polar surface area (TPSA) is 127 Å². The number of ether oxygens (including phenoxy) is 2. The Hall–Kier alpha value is -4.24. The number of nitriles is 1. The molecular weight excluding hydrogens is 504 g/mol. The molecule has 1 fully saturated rings. The van der Waals surface area contributed by atoms with Gasteiger partial charge in [-0.1, -0.05) is 18.0 Å². The number of hydrogen-bond acceptors (Lipinski definition) is 11. The first-order valence-corrected chi connectivity index (χ1v) is 13.3. The molecule has 0 bridgehead atoms. The van der Waals surface area contributed by atoms with Crippen molar-refractivity contribution in [1.29, 1.82) is 5.26 Å². The molecule has 0 spiro atoms. The van der Waals surface area contributed by atoms with Gasteiger partial charge in [0.25, 0.3) is 0 Å². The molecule has 0 amide bonds. The molecule has 0 saturated carbocycles. The number of benzene rings is 1. The van der Waals surface area contributed by atoms with Crippen LogP contribution in [-0.4, -0.2) is 58.3 Å². The SMILES string of the molecule is COc1cccc(OC)c1-n1c(NSC)nnc1-c1ccc(C)o1.N#Cc1cncc(N2CCCCC2)n1. The first-order valence-electron chi connectivity index (χ1n) is 12.1. The van der Waals surface area contributed by atoms with Crippen LogP contribution in [-0.2, 0) is 0 Å². The number of anilines is 2. The van der Waals surface area contributed by atoms with Crippen molar-refractivity contribution < 1.29 is 13.9 Å². The van der Waals surface area contributed by atoms with Gasteiger partial charge in [-0.25, -0.2) is 4.98 Å². The normalized spacial score (nSPS) is 12.8. The summed E-state index contributed by atoms with van der Waals surface area (Å²) < 4.78 is 21.7. The Morgan fingerprint density at radius 2 is 1.76 bits per heavy atom. The second-order valence-electron chi connectivity index (χ2n) is 8.33. The number of methoxy groups -OCH3 is 2. The van der Waals surface area contributed by atoms with Gasteiger partial charge in [-0.15, -0.1) is 10.2 Å². The molecule has 12 heteroatoms. The van der Waals surface area contributed by atoms with Crippen molar-refractivity contribution in [1.82, 2.24) is 24.7 Å². The summed E-state index contributed by atoms with van der Waals surface area (Å²) in [7, 11) is 3.22. The predicted octanol–water partition coefficient (Wildman–Crippen LogP) is 4.88. The van der Waals surface area contributed by atoms with Gasteiger partial charge < -0.3 is 18.8 Å². The van der Waals surface area contributed by atoms with Crippen LogP contribution in [0.5, 0.6) is 11.5 Å². The van der Waals surface area contributed by atoms with Crippen molar-refractivity contribution in [3.8, 4) is 34.8 Å². The van der Waals surface area contributed by atoms with Crippen LogP contribution in [0.1, 0.15) is 30.7 Å². The van der Waals surface area contributed by atoms with E-state index in [9.17, 15) is 0 Å². The van der Waals surface area contributed by atoms with E-state index in [4.69, 9.17) is 19.2 Å². The second kappa shape index (κ2) is 12.8. The Kier molecular flexibility index (Phi) is 9.05. The summed E-state index contributed by atoms with van der Waals surface area (Å²) in [5, 5.41) is 17.2. The van der Waals surface area contributed by atoms with Crippen molar-refractivity contribution in [2.75, 3.05) is 43.2 Å². The molecule has 0 unspecified atom stereocenters. The highest BCUT2D eigenvalue weighted by atomic mass is 32.2. The fraction of sp³-hybridized carbons (Fsp3) is 0.346. The van der Waals surface area contributed by atoms with Crippen LogP contribution in [0, 0.1) is 18.3 Å². The lowest BCUT2D eigenvalue weighted by Crippen LogP contribution is -2.30. The zero-order chi connectivity index (χ0) is 26.9. The van der Waals surface area contributed by atoms with Crippen LogP contribution < -0.4 is 19.1 Å². The lowest BCUT2D eigenvalue weighted by atomic mass is 10.1. The molecule has 1 aromatic carbocycles. The molecule has 198 valence electrons. The quantitative estimate of drug-likeness (QED) is 0.326. The monoisotopic (exact) mass is 534 g/mol. The van der Waals surface area contributed by atoms with Gasteiger partial charge in [-0.2, -0.15) is 5.26 Å². The zero-order valence-electron chi connectivity index (χ0n) is 21.8. The molecule has 3 aromatic heterocycles. The van der Waals surface area contributed by atoms with Gasteiger partial charge in [0.15, 0.2) is 11.5 Å². The minimum Gasteiger partial charge on any atom is -0.494 e. The number of rotatable bonds is 7. The van der Waals surface area contributed by atoms with Crippen LogP contribution in [0.25, 0.3) is 17.3 Å². The number of furan rings is 1. The van der Waals surface area contributed by atoms with Gasteiger partial charge in [0.2, 0.25) is 11.8 Å². The summed E-state index contributed by atoms with van der Waals surface area (Å²) in [5.41, 5.74) is 1.10. The predicted molar refractivity (Wildman–Crippen MR) is 147 cm³/mol. The molecule has 1 aliphatic heterocycles. The summed E-state index contributed by atoms with van der Waals surface area (Å²) in [5.74, 6) is 4.64. The minimum atomic E-state index is 0.396. The number of aromatic nitrogens is 5. The van der Waals surface area contributed by atoms with Crippen molar-refractivity contribution >= 4 is 23.7 Å². The lowest BCUT2D eigenvalue weighted by molar-refractivity contribution is 0.391. The maximum Gasteiger partial charge on any atom is 0.239 e. The van der Waals surface area contributed by atoms with E-state index in [-0.39, 0.29) is 0 Å². The largest absolute Gasteiger partial charge is 0.494 e. The highest BCUT2D eigenvalue weighted by Gasteiger charge is 2.23. The van der Waals surface area contributed by atoms with Crippen LogP contribution in [0.2, 0.25) is 0 Å². The molecule has 5 rings (SSSR count). The molecule has 0 radical (unpaired) electrons. The smallest absolute Gasteiger partial charge is 0.239 e. The molecule has 0 aliphatic carbocycles. The summed E-state index contributed by atoms with van der Waals surface area (Å²) in [4.78, 5) is 10.4. The van der Waals surface area contributed by atoms with E-state index in [2.05, 4.69) is 29.8 Å². The number of nitrogens with one attached hydrogen (secondary N) is 1. The standard InChI is InChI=1S/C16H18N4O3S.C10H12N4/c1-10-8-9-13(23-10)15-17-18-16(19-24-4)20(15)14-11(21-2)6-5-7-12(14)22-3;11-6-9-7-12-8-10(13-9)14-4-2-1-3-5-14/h5-9H,1-4H3,(H,18,19);7-8H,1-5H2. The molecule has 1 saturated heterocycles. The Morgan fingerprint density at radius 1 is 1.03 bits per heavy atom. The highest BCUT2D eigenvalue weighted by Crippen LogP contribution is 2.38. The van der Waals surface area contributed by atoms with Crippen molar-refractivity contribution in [3.63, 3.8) is 0 Å². The lowest BCUT2D eigenvalue weighted by Gasteiger charge is -2.27. The van der Waals surface area contributed by atoms with Gasteiger partial charge in [-0.3, -0.25) is 14.3 Å². The third-order valence-electron chi connectivity index (χ3n) is 5.86. The Bertz CT molecular complexity index is 1370. The highest BCUT2D eigenvalue weighted by molar-refractivity contribution is 7.99. The van der Waals surface area contributed by atoms with Crippen LogP contribution in [0.3, 0.4) is 0 Å². The molecule has 0 atom stereocenters. The van der Waals surface area contributed by atoms with Gasteiger partial charge in [0, 0.05) is 19.3 Å². The molecule has 11 nitrogen and oxygen atoms in total. The van der Waals surface area contributed by atoms with Crippen LogP contribution in [0.4, 0.5) is 11.8 Å². The Labute approximate surface area is 226 Å². The maximum absolute atomic E-state index is 8.69. The van der Waals surface area contributed by atoms with Gasteiger partial charge in [0.05, 0.1) is 26.6 Å². The molecule has 1 N–H and O–H groups in total. The number of hydrogen-bond donors (Lipinski definition) is 1. The van der Waals surface area contributed by atoms with E-state index >= 15 is 0 Å². The van der Waals surface area contributed by atoms with E-state index in [0.29, 0.717) is 40.4 Å². The fourth-order valence-electron chi connectivity index (χ4n) is 4.10. The summed E-state index contributed by atoms with van der Waals surface area (Å²) in [6.07, 6.45) is 8.84. The number of piperidine rings is 1. The molecule has 4 heterocycles. The van der Waals surface area contributed by atoms with E-state index in [1.807, 2.05) is 54.1 Å². The Balaban J connectivity index is 0.000000204. The molecule has 1 aliphatic rings. The first kappa shape index (κ1) is 26.8. The Morgan fingerprint density at radius 3 is 2.37 bits per heavy atom. The van der Waals surface area contributed by atoms with Crippen molar-refractivity contribution in [3.05, 3.63) is 54.2 Å². The average molecular weight is 535 g/mol. The third kappa shape index (κ3) is 6.00. The number of nitrogens with zero attached hydrogens (tertiary/aromatic N) is 7. The van der Waals surface area contributed by atoms with Crippen LogP contribution in [0.15, 0.2) is 47.1 Å². The second-order valence-corrected chi connectivity index (χ2v) is 8.94. The van der Waals surface area contributed by atoms with E-state index in [0.717, 1.165) is 24.7 Å². The number of para-hydroxylation sites is 1. The zero-order valence-corrected chi connectivity index (χ0v) is 22.7. The maximum atomic E-state index is 8.69. The molecule has 38 heavy (non-hydrogen) atoms. The number of aryl methyl sites for hydroxylation is 1. The molecule has 4 aromatic rings.